The fourth-order valence-corrected chi connectivity index (χ4v) is 2.14. The lowest BCUT2D eigenvalue weighted by Gasteiger charge is -2.37. The van der Waals surface area contributed by atoms with Crippen molar-refractivity contribution in [1.29, 1.82) is 0 Å². The Hall–Kier alpha value is -1.06. The molecule has 4 heteroatoms. The molecule has 0 unspecified atom stereocenters. The number of hydrogen-bond acceptors (Lipinski definition) is 2. The molecule has 1 aliphatic carbocycles. The zero-order valence-electron chi connectivity index (χ0n) is 10.6. The third-order valence-electron chi connectivity index (χ3n) is 3.65. The molecule has 1 aliphatic rings. The minimum atomic E-state index is -0.768. The van der Waals surface area contributed by atoms with Crippen molar-refractivity contribution in [2.45, 2.75) is 58.3 Å². The van der Waals surface area contributed by atoms with Crippen molar-refractivity contribution >= 4 is 11.9 Å². The number of carboxylic acid groups (broad SMARTS) is 1. The molecule has 0 saturated heterocycles. The molecular weight excluding hydrogens is 218 g/mol. The van der Waals surface area contributed by atoms with Gasteiger partial charge in [-0.3, -0.25) is 9.59 Å². The Morgan fingerprint density at radius 1 is 1.24 bits per heavy atom. The minimum Gasteiger partial charge on any atom is -0.481 e. The van der Waals surface area contributed by atoms with Gasteiger partial charge in [0.1, 0.15) is 0 Å². The first-order valence-corrected chi connectivity index (χ1v) is 6.61. The predicted octanol–water partition coefficient (Wildman–Crippen LogP) is 2.33. The van der Waals surface area contributed by atoms with Crippen LogP contribution in [0.15, 0.2) is 0 Å². The van der Waals surface area contributed by atoms with Crippen molar-refractivity contribution in [3.05, 3.63) is 0 Å². The van der Waals surface area contributed by atoms with Crippen LogP contribution in [0.1, 0.15) is 58.3 Å². The Bertz CT molecular complexity index is 272. The van der Waals surface area contributed by atoms with Gasteiger partial charge in [-0.2, -0.15) is 0 Å². The van der Waals surface area contributed by atoms with E-state index in [1.54, 1.807) is 0 Å². The monoisotopic (exact) mass is 241 g/mol. The van der Waals surface area contributed by atoms with Crippen LogP contribution in [0.4, 0.5) is 0 Å². The minimum absolute atomic E-state index is 0.00590. The summed E-state index contributed by atoms with van der Waals surface area (Å²) in [6.07, 6.45) is 7.16. The SMILES string of the molecule is CCCCCCC(=O)NCC1(C(=O)O)CCC1. The summed E-state index contributed by atoms with van der Waals surface area (Å²) in [5.41, 5.74) is -0.668. The summed E-state index contributed by atoms with van der Waals surface area (Å²) >= 11 is 0. The lowest BCUT2D eigenvalue weighted by molar-refractivity contribution is -0.154. The van der Waals surface area contributed by atoms with Gasteiger partial charge in [-0.15, -0.1) is 0 Å². The number of rotatable bonds is 8. The van der Waals surface area contributed by atoms with Crippen LogP contribution >= 0.6 is 0 Å². The largest absolute Gasteiger partial charge is 0.481 e. The smallest absolute Gasteiger partial charge is 0.311 e. The average molecular weight is 241 g/mol. The average Bonchev–Trinajstić information content (AvgIpc) is 2.22. The van der Waals surface area contributed by atoms with Gasteiger partial charge in [0.05, 0.1) is 5.41 Å². The van der Waals surface area contributed by atoms with Crippen molar-refractivity contribution < 1.29 is 14.7 Å². The Morgan fingerprint density at radius 2 is 1.94 bits per heavy atom. The lowest BCUT2D eigenvalue weighted by Crippen LogP contribution is -2.47. The molecule has 1 amide bonds. The number of hydrogen-bond donors (Lipinski definition) is 2. The van der Waals surface area contributed by atoms with Gasteiger partial charge in [0.2, 0.25) is 5.91 Å². The second kappa shape index (κ2) is 6.62. The molecule has 0 spiro atoms. The van der Waals surface area contributed by atoms with Crippen LogP contribution in [-0.4, -0.2) is 23.5 Å². The molecule has 2 N–H and O–H groups in total. The molecule has 98 valence electrons. The fraction of sp³-hybridized carbons (Fsp3) is 0.846. The van der Waals surface area contributed by atoms with Crippen LogP contribution in [0, 0.1) is 5.41 Å². The van der Waals surface area contributed by atoms with Crippen LogP contribution in [0.25, 0.3) is 0 Å². The second-order valence-electron chi connectivity index (χ2n) is 5.03. The zero-order valence-corrected chi connectivity index (χ0v) is 10.6. The molecule has 0 aliphatic heterocycles. The maximum atomic E-state index is 11.5. The summed E-state index contributed by atoms with van der Waals surface area (Å²) in [6.45, 7) is 2.43. The van der Waals surface area contributed by atoms with E-state index in [1.165, 1.54) is 0 Å². The van der Waals surface area contributed by atoms with E-state index in [9.17, 15) is 9.59 Å². The molecule has 0 aromatic rings. The lowest BCUT2D eigenvalue weighted by atomic mass is 9.69. The molecule has 0 radical (unpaired) electrons. The van der Waals surface area contributed by atoms with Gasteiger partial charge in [-0.1, -0.05) is 32.6 Å². The van der Waals surface area contributed by atoms with Crippen LogP contribution in [-0.2, 0) is 9.59 Å². The summed E-state index contributed by atoms with van der Waals surface area (Å²) in [7, 11) is 0. The van der Waals surface area contributed by atoms with Crippen molar-refractivity contribution in [2.75, 3.05) is 6.54 Å². The van der Waals surface area contributed by atoms with E-state index in [4.69, 9.17) is 5.11 Å². The van der Waals surface area contributed by atoms with Crippen LogP contribution in [0.5, 0.6) is 0 Å². The van der Waals surface area contributed by atoms with Crippen LogP contribution in [0.3, 0.4) is 0 Å². The first kappa shape index (κ1) is 14.0. The molecule has 1 saturated carbocycles. The van der Waals surface area contributed by atoms with Gasteiger partial charge < -0.3 is 10.4 Å². The molecule has 0 atom stereocenters. The van der Waals surface area contributed by atoms with Gasteiger partial charge in [0.15, 0.2) is 0 Å². The molecule has 4 nitrogen and oxygen atoms in total. The molecule has 0 aromatic heterocycles. The Kier molecular flexibility index (Phi) is 5.45. The molecule has 1 rings (SSSR count). The summed E-state index contributed by atoms with van der Waals surface area (Å²) in [5.74, 6) is -0.774. The summed E-state index contributed by atoms with van der Waals surface area (Å²) in [5, 5.41) is 11.9. The number of carbonyl (C=O) groups excluding carboxylic acids is 1. The second-order valence-corrected chi connectivity index (χ2v) is 5.03. The fourth-order valence-electron chi connectivity index (χ4n) is 2.14. The van der Waals surface area contributed by atoms with Crippen molar-refractivity contribution in [2.24, 2.45) is 5.41 Å². The van der Waals surface area contributed by atoms with Gasteiger partial charge >= 0.3 is 5.97 Å². The van der Waals surface area contributed by atoms with Gasteiger partial charge in [0, 0.05) is 13.0 Å². The molecular formula is C13H23NO3. The molecule has 0 heterocycles. The predicted molar refractivity (Wildman–Crippen MR) is 65.7 cm³/mol. The number of amides is 1. The van der Waals surface area contributed by atoms with E-state index in [0.717, 1.165) is 32.1 Å². The normalized spacial score (nSPS) is 17.2. The highest BCUT2D eigenvalue weighted by molar-refractivity contribution is 5.79. The first-order valence-electron chi connectivity index (χ1n) is 6.61. The van der Waals surface area contributed by atoms with Gasteiger partial charge in [-0.25, -0.2) is 0 Å². The number of aliphatic carboxylic acids is 1. The van der Waals surface area contributed by atoms with Crippen molar-refractivity contribution in [3.8, 4) is 0 Å². The van der Waals surface area contributed by atoms with Crippen LogP contribution in [0.2, 0.25) is 0 Å². The Morgan fingerprint density at radius 3 is 2.41 bits per heavy atom. The maximum absolute atomic E-state index is 11.5. The van der Waals surface area contributed by atoms with Gasteiger partial charge in [-0.05, 0) is 19.3 Å². The first-order chi connectivity index (χ1) is 8.10. The third-order valence-corrected chi connectivity index (χ3v) is 3.65. The third kappa shape index (κ3) is 4.02. The highest BCUT2D eigenvalue weighted by atomic mass is 16.4. The number of nitrogens with one attached hydrogen (secondary N) is 1. The Balaban J connectivity index is 2.16. The molecule has 0 aromatic carbocycles. The Labute approximate surface area is 103 Å². The summed E-state index contributed by atoms with van der Waals surface area (Å²) in [6, 6.07) is 0. The quantitative estimate of drug-likeness (QED) is 0.641. The van der Waals surface area contributed by atoms with E-state index in [0.29, 0.717) is 25.8 Å². The highest BCUT2D eigenvalue weighted by Crippen LogP contribution is 2.40. The topological polar surface area (TPSA) is 66.4 Å². The zero-order chi connectivity index (χ0) is 12.7. The number of unbranched alkanes of at least 4 members (excludes halogenated alkanes) is 3. The molecule has 0 bridgehead atoms. The van der Waals surface area contributed by atoms with Crippen LogP contribution < -0.4 is 5.32 Å². The van der Waals surface area contributed by atoms with E-state index in [1.807, 2.05) is 0 Å². The highest BCUT2D eigenvalue weighted by Gasteiger charge is 2.44. The van der Waals surface area contributed by atoms with Crippen molar-refractivity contribution in [1.82, 2.24) is 5.32 Å². The standard InChI is InChI=1S/C13H23NO3/c1-2-3-4-5-7-11(15)14-10-13(12(16)17)8-6-9-13/h2-10H2,1H3,(H,14,15)(H,16,17). The van der Waals surface area contributed by atoms with E-state index < -0.39 is 11.4 Å². The number of carbonyl (C=O) groups is 2. The van der Waals surface area contributed by atoms with Crippen molar-refractivity contribution in [3.63, 3.8) is 0 Å². The van der Waals surface area contributed by atoms with E-state index in [2.05, 4.69) is 12.2 Å². The molecule has 17 heavy (non-hydrogen) atoms. The van der Waals surface area contributed by atoms with E-state index in [-0.39, 0.29) is 5.91 Å². The molecule has 1 fully saturated rings. The number of carboxylic acids is 1. The maximum Gasteiger partial charge on any atom is 0.311 e. The summed E-state index contributed by atoms with van der Waals surface area (Å²) < 4.78 is 0. The van der Waals surface area contributed by atoms with Gasteiger partial charge in [0.25, 0.3) is 0 Å². The summed E-state index contributed by atoms with van der Waals surface area (Å²) in [4.78, 5) is 22.6. The van der Waals surface area contributed by atoms with E-state index >= 15 is 0 Å².